The summed E-state index contributed by atoms with van der Waals surface area (Å²) in [6.45, 7) is 5.29. The third kappa shape index (κ3) is 4.23. The Kier molecular flexibility index (Phi) is 5.62. The van der Waals surface area contributed by atoms with Gasteiger partial charge in [-0.15, -0.1) is 0 Å². The summed E-state index contributed by atoms with van der Waals surface area (Å²) in [6, 6.07) is 14.7. The monoisotopic (exact) mass is 418 g/mol. The van der Waals surface area contributed by atoms with Gasteiger partial charge in [0.2, 0.25) is 0 Å². The van der Waals surface area contributed by atoms with Crippen molar-refractivity contribution >= 4 is 39.5 Å². The van der Waals surface area contributed by atoms with Crippen LogP contribution in [-0.4, -0.2) is 27.7 Å². The first kappa shape index (κ1) is 20.5. The van der Waals surface area contributed by atoms with Gasteiger partial charge in [-0.2, -0.15) is 0 Å². The van der Waals surface area contributed by atoms with E-state index in [-0.39, 0.29) is 12.6 Å². The van der Waals surface area contributed by atoms with E-state index < -0.39 is 0 Å². The van der Waals surface area contributed by atoms with Crippen molar-refractivity contribution in [3.63, 3.8) is 0 Å². The number of imidazole rings is 1. The molecule has 0 aliphatic rings. The van der Waals surface area contributed by atoms with Crippen LogP contribution in [-0.2, 0) is 13.1 Å². The lowest BCUT2D eigenvalue weighted by Crippen LogP contribution is -2.29. The zero-order valence-electron chi connectivity index (χ0n) is 17.8. The SMILES string of the molecule is COc1cccc(NC(=O)NCc2nc3c(N)nc4ccccc4c3n2CC(C)C)c1. The van der Waals surface area contributed by atoms with E-state index in [4.69, 9.17) is 15.5 Å². The van der Waals surface area contributed by atoms with Gasteiger partial charge in [-0.25, -0.2) is 14.8 Å². The highest BCUT2D eigenvalue weighted by atomic mass is 16.5. The summed E-state index contributed by atoms with van der Waals surface area (Å²) in [6.07, 6.45) is 0. The van der Waals surface area contributed by atoms with Gasteiger partial charge in [-0.05, 0) is 24.1 Å². The molecule has 0 fully saturated rings. The first-order valence-electron chi connectivity index (χ1n) is 10.2. The molecule has 4 rings (SSSR count). The van der Waals surface area contributed by atoms with Crippen LogP contribution in [0.4, 0.5) is 16.3 Å². The molecule has 8 heteroatoms. The number of fused-ring (bicyclic) bond motifs is 3. The number of nitrogens with one attached hydrogen (secondary N) is 2. The minimum absolute atomic E-state index is 0.255. The van der Waals surface area contributed by atoms with Crippen molar-refractivity contribution in [2.24, 2.45) is 5.92 Å². The summed E-state index contributed by atoms with van der Waals surface area (Å²) in [5.74, 6) is 2.17. The molecule has 31 heavy (non-hydrogen) atoms. The van der Waals surface area contributed by atoms with Gasteiger partial charge in [-0.3, -0.25) is 0 Å². The average Bonchev–Trinajstić information content (AvgIpc) is 3.11. The van der Waals surface area contributed by atoms with Gasteiger partial charge < -0.3 is 25.7 Å². The number of carbonyl (C=O) groups excluding carboxylic acids is 1. The highest BCUT2D eigenvalue weighted by Gasteiger charge is 2.18. The molecule has 0 spiro atoms. The molecule has 2 aromatic carbocycles. The number of para-hydroxylation sites is 1. The molecule has 0 aliphatic carbocycles. The van der Waals surface area contributed by atoms with Crippen LogP contribution in [0.3, 0.4) is 0 Å². The topological polar surface area (TPSA) is 107 Å². The Morgan fingerprint density at radius 1 is 1.16 bits per heavy atom. The van der Waals surface area contributed by atoms with Gasteiger partial charge >= 0.3 is 6.03 Å². The number of urea groups is 1. The van der Waals surface area contributed by atoms with E-state index in [2.05, 4.69) is 34.0 Å². The number of benzene rings is 2. The molecule has 160 valence electrons. The number of methoxy groups -OCH3 is 1. The van der Waals surface area contributed by atoms with E-state index in [1.54, 1.807) is 19.2 Å². The van der Waals surface area contributed by atoms with Crippen molar-refractivity contribution in [3.8, 4) is 5.75 Å². The molecule has 2 heterocycles. The predicted molar refractivity (Wildman–Crippen MR) is 123 cm³/mol. The average molecular weight is 419 g/mol. The largest absolute Gasteiger partial charge is 0.497 e. The van der Waals surface area contributed by atoms with Crippen LogP contribution in [0.25, 0.3) is 21.9 Å². The Morgan fingerprint density at radius 3 is 2.74 bits per heavy atom. The molecule has 0 unspecified atom stereocenters. The number of amides is 2. The van der Waals surface area contributed by atoms with Crippen molar-refractivity contribution in [3.05, 3.63) is 54.4 Å². The van der Waals surface area contributed by atoms with Crippen molar-refractivity contribution in [2.75, 3.05) is 18.2 Å². The summed E-state index contributed by atoms with van der Waals surface area (Å²) >= 11 is 0. The Labute approximate surface area is 180 Å². The number of carbonyl (C=O) groups is 1. The van der Waals surface area contributed by atoms with Crippen molar-refractivity contribution in [1.29, 1.82) is 0 Å². The van der Waals surface area contributed by atoms with Crippen molar-refractivity contribution < 1.29 is 9.53 Å². The Balaban J connectivity index is 1.64. The van der Waals surface area contributed by atoms with Crippen LogP contribution in [0.2, 0.25) is 0 Å². The Morgan fingerprint density at radius 2 is 1.97 bits per heavy atom. The smallest absolute Gasteiger partial charge is 0.319 e. The molecule has 4 N–H and O–H groups in total. The van der Waals surface area contributed by atoms with Crippen LogP contribution in [0.15, 0.2) is 48.5 Å². The molecule has 0 radical (unpaired) electrons. The fraction of sp³-hybridized carbons (Fsp3) is 0.261. The number of ether oxygens (including phenoxy) is 1. The van der Waals surface area contributed by atoms with Crippen LogP contribution >= 0.6 is 0 Å². The quantitative estimate of drug-likeness (QED) is 0.436. The number of nitrogen functional groups attached to an aromatic ring is 1. The van der Waals surface area contributed by atoms with Gasteiger partial charge in [0.05, 0.1) is 24.7 Å². The lowest BCUT2D eigenvalue weighted by atomic mass is 10.1. The molecular weight excluding hydrogens is 392 g/mol. The molecule has 2 amide bonds. The van der Waals surface area contributed by atoms with Crippen LogP contribution in [0.1, 0.15) is 19.7 Å². The molecule has 2 aromatic heterocycles. The van der Waals surface area contributed by atoms with Gasteiger partial charge in [0.15, 0.2) is 5.82 Å². The van der Waals surface area contributed by atoms with Gasteiger partial charge in [0, 0.05) is 23.7 Å². The number of rotatable bonds is 6. The van der Waals surface area contributed by atoms with E-state index >= 15 is 0 Å². The summed E-state index contributed by atoms with van der Waals surface area (Å²) in [5.41, 5.74) is 9.30. The van der Waals surface area contributed by atoms with Crippen molar-refractivity contribution in [1.82, 2.24) is 19.9 Å². The molecule has 0 saturated carbocycles. The Bertz CT molecular complexity index is 1250. The maximum atomic E-state index is 12.5. The van der Waals surface area contributed by atoms with E-state index in [9.17, 15) is 4.79 Å². The first-order valence-corrected chi connectivity index (χ1v) is 10.2. The van der Waals surface area contributed by atoms with Gasteiger partial charge in [0.1, 0.15) is 17.1 Å². The number of hydrogen-bond donors (Lipinski definition) is 3. The second-order valence-corrected chi connectivity index (χ2v) is 7.78. The minimum Gasteiger partial charge on any atom is -0.497 e. The van der Waals surface area contributed by atoms with Gasteiger partial charge in [0.25, 0.3) is 0 Å². The number of hydrogen-bond acceptors (Lipinski definition) is 5. The number of anilines is 2. The number of nitrogens with two attached hydrogens (primary N) is 1. The highest BCUT2D eigenvalue weighted by molar-refractivity contribution is 6.06. The first-order chi connectivity index (χ1) is 15.0. The molecular formula is C23H26N6O2. The van der Waals surface area contributed by atoms with E-state index in [1.165, 1.54) is 0 Å². The zero-order chi connectivity index (χ0) is 22.0. The van der Waals surface area contributed by atoms with Crippen LogP contribution < -0.4 is 21.1 Å². The second-order valence-electron chi connectivity index (χ2n) is 7.78. The molecule has 0 bridgehead atoms. The molecule has 0 saturated heterocycles. The third-order valence-corrected chi connectivity index (χ3v) is 4.97. The fourth-order valence-corrected chi connectivity index (χ4v) is 3.64. The predicted octanol–water partition coefficient (Wildman–Crippen LogP) is 4.15. The second kappa shape index (κ2) is 8.51. The summed E-state index contributed by atoms with van der Waals surface area (Å²) in [5, 5.41) is 6.70. The fourth-order valence-electron chi connectivity index (χ4n) is 3.64. The summed E-state index contributed by atoms with van der Waals surface area (Å²) in [7, 11) is 1.59. The molecule has 8 nitrogen and oxygen atoms in total. The lowest BCUT2D eigenvalue weighted by molar-refractivity contribution is 0.251. The lowest BCUT2D eigenvalue weighted by Gasteiger charge is -2.14. The Hall–Kier alpha value is -3.81. The van der Waals surface area contributed by atoms with Crippen molar-refractivity contribution in [2.45, 2.75) is 26.9 Å². The molecule has 0 atom stereocenters. The summed E-state index contributed by atoms with van der Waals surface area (Å²) < 4.78 is 7.33. The van der Waals surface area contributed by atoms with E-state index in [0.29, 0.717) is 28.7 Å². The molecule has 0 aliphatic heterocycles. The minimum atomic E-state index is -0.327. The number of aromatic nitrogens is 3. The van der Waals surface area contributed by atoms with Gasteiger partial charge in [-0.1, -0.05) is 38.1 Å². The number of nitrogens with zero attached hydrogens (tertiary/aromatic N) is 3. The van der Waals surface area contributed by atoms with Crippen LogP contribution in [0, 0.1) is 5.92 Å². The zero-order valence-corrected chi connectivity index (χ0v) is 17.8. The maximum Gasteiger partial charge on any atom is 0.319 e. The summed E-state index contributed by atoms with van der Waals surface area (Å²) in [4.78, 5) is 21.7. The highest BCUT2D eigenvalue weighted by Crippen LogP contribution is 2.29. The molecule has 4 aromatic rings. The standard InChI is InChI=1S/C23H26N6O2/c1-14(2)13-29-19(12-25-23(30)26-15-7-6-8-16(11-15)31-3)28-20-21(29)17-9-4-5-10-18(17)27-22(20)24/h4-11,14H,12-13H2,1-3H3,(H2,24,27)(H2,25,26,30). The van der Waals surface area contributed by atoms with E-state index in [0.717, 1.165) is 28.8 Å². The number of pyridine rings is 1. The third-order valence-electron chi connectivity index (χ3n) is 4.97. The maximum absolute atomic E-state index is 12.5. The van der Waals surface area contributed by atoms with Crippen LogP contribution in [0.5, 0.6) is 5.75 Å². The normalized spacial score (nSPS) is 11.2. The van der Waals surface area contributed by atoms with E-state index in [1.807, 2.05) is 36.4 Å².